The van der Waals surface area contributed by atoms with E-state index >= 15 is 0 Å². The van der Waals surface area contributed by atoms with Gasteiger partial charge in [-0.2, -0.15) is 8.42 Å². The summed E-state index contributed by atoms with van der Waals surface area (Å²) in [6.45, 7) is 0. The fourth-order valence-corrected chi connectivity index (χ4v) is 2.87. The first-order chi connectivity index (χ1) is 11.4. The van der Waals surface area contributed by atoms with Crippen LogP contribution < -0.4 is 0 Å². The standard InChI is InChI=1S/C16H11ClN2O4S.Na/c17-13-3-1-2-4-14(13)18-19-16-12-7-6-11(24(21,22)23)9-10(12)5-8-15(16)20;/h1-9,20H,(H,21,22,23);. The summed E-state index contributed by atoms with van der Waals surface area (Å²) in [5.41, 5.74) is 0.611. The molecule has 0 aliphatic rings. The first-order valence-corrected chi connectivity index (χ1v) is 8.57. The molecule has 1 radical (unpaired) electrons. The summed E-state index contributed by atoms with van der Waals surface area (Å²) in [5, 5.41) is 19.5. The number of phenols is 1. The molecule has 0 heterocycles. The van der Waals surface area contributed by atoms with Gasteiger partial charge in [-0.05, 0) is 35.7 Å². The Bertz CT molecular complexity index is 1070. The number of hydrogen-bond donors (Lipinski definition) is 2. The minimum atomic E-state index is -4.31. The summed E-state index contributed by atoms with van der Waals surface area (Å²) in [6, 6.07) is 13.7. The second kappa shape index (κ2) is 7.82. The molecule has 0 unspecified atom stereocenters. The molecule has 0 saturated heterocycles. The quantitative estimate of drug-likeness (QED) is 0.394. The van der Waals surface area contributed by atoms with Gasteiger partial charge in [0.15, 0.2) is 0 Å². The van der Waals surface area contributed by atoms with Crippen LogP contribution in [-0.4, -0.2) is 47.6 Å². The van der Waals surface area contributed by atoms with Crippen LogP contribution in [0.3, 0.4) is 0 Å². The third kappa shape index (κ3) is 4.38. The van der Waals surface area contributed by atoms with Gasteiger partial charge < -0.3 is 5.11 Å². The van der Waals surface area contributed by atoms with Crippen molar-refractivity contribution in [3.63, 3.8) is 0 Å². The number of nitrogens with zero attached hydrogens (tertiary/aromatic N) is 2. The Morgan fingerprint density at radius 2 is 1.68 bits per heavy atom. The zero-order chi connectivity index (χ0) is 17.3. The van der Waals surface area contributed by atoms with E-state index in [9.17, 15) is 13.5 Å². The van der Waals surface area contributed by atoms with E-state index in [1.54, 1.807) is 24.3 Å². The van der Waals surface area contributed by atoms with Gasteiger partial charge in [-0.3, -0.25) is 4.55 Å². The van der Waals surface area contributed by atoms with Gasteiger partial charge in [-0.15, -0.1) is 10.2 Å². The number of rotatable bonds is 3. The van der Waals surface area contributed by atoms with Gasteiger partial charge in [0.25, 0.3) is 10.1 Å². The first kappa shape index (κ1) is 19.8. The van der Waals surface area contributed by atoms with E-state index in [1.807, 2.05) is 0 Å². The number of benzene rings is 3. The maximum Gasteiger partial charge on any atom is 0.294 e. The Balaban J connectivity index is 0.00000225. The summed E-state index contributed by atoms with van der Waals surface area (Å²) < 4.78 is 31.6. The molecule has 3 aromatic carbocycles. The Hall–Kier alpha value is -1.48. The van der Waals surface area contributed by atoms with Gasteiger partial charge in [0.05, 0.1) is 9.92 Å². The zero-order valence-electron chi connectivity index (χ0n) is 13.1. The number of phenolic OH excluding ortho intramolecular Hbond substituents is 1. The molecule has 0 aliphatic carbocycles. The van der Waals surface area contributed by atoms with Gasteiger partial charge in [0.1, 0.15) is 17.1 Å². The van der Waals surface area contributed by atoms with Crippen molar-refractivity contribution in [1.29, 1.82) is 0 Å². The normalized spacial score (nSPS) is 11.6. The Kier molecular flexibility index (Phi) is 6.21. The summed E-state index contributed by atoms with van der Waals surface area (Å²) in [6.07, 6.45) is 0. The first-order valence-electron chi connectivity index (χ1n) is 6.76. The van der Waals surface area contributed by atoms with Crippen LogP contribution in [0.25, 0.3) is 10.8 Å². The van der Waals surface area contributed by atoms with Crippen molar-refractivity contribution in [2.24, 2.45) is 10.2 Å². The molecule has 6 nitrogen and oxygen atoms in total. The van der Waals surface area contributed by atoms with Gasteiger partial charge in [0, 0.05) is 34.9 Å². The summed E-state index contributed by atoms with van der Waals surface area (Å²) in [7, 11) is -4.31. The average Bonchev–Trinajstić information content (AvgIpc) is 2.54. The third-order valence-electron chi connectivity index (χ3n) is 3.35. The largest absolute Gasteiger partial charge is 0.506 e. The Morgan fingerprint density at radius 3 is 2.36 bits per heavy atom. The molecule has 9 heteroatoms. The topological polar surface area (TPSA) is 99.3 Å². The van der Waals surface area contributed by atoms with Gasteiger partial charge in [-0.25, -0.2) is 0 Å². The summed E-state index contributed by atoms with van der Waals surface area (Å²) in [4.78, 5) is -0.241. The molecule has 3 aromatic rings. The number of fused-ring (bicyclic) bond motifs is 1. The molecule has 0 spiro atoms. The van der Waals surface area contributed by atoms with Crippen LogP contribution in [0.4, 0.5) is 11.4 Å². The monoisotopic (exact) mass is 385 g/mol. The van der Waals surface area contributed by atoms with Crippen molar-refractivity contribution >= 4 is 73.4 Å². The molecule has 123 valence electrons. The fourth-order valence-electron chi connectivity index (χ4n) is 2.18. The van der Waals surface area contributed by atoms with E-state index in [1.165, 1.54) is 30.3 Å². The smallest absolute Gasteiger partial charge is 0.294 e. The summed E-state index contributed by atoms with van der Waals surface area (Å²) in [5.74, 6) is -0.113. The molecule has 0 fully saturated rings. The van der Waals surface area contributed by atoms with Crippen LogP contribution in [0.5, 0.6) is 5.75 Å². The van der Waals surface area contributed by atoms with Crippen molar-refractivity contribution in [3.8, 4) is 5.75 Å². The molecule has 0 aliphatic heterocycles. The van der Waals surface area contributed by atoms with Crippen LogP contribution in [0.2, 0.25) is 5.02 Å². The molecular weight excluding hydrogens is 375 g/mol. The molecule has 25 heavy (non-hydrogen) atoms. The molecule has 0 atom stereocenters. The Morgan fingerprint density at radius 1 is 0.960 bits per heavy atom. The maximum atomic E-state index is 11.2. The molecule has 2 N–H and O–H groups in total. The van der Waals surface area contributed by atoms with Crippen LogP contribution in [-0.2, 0) is 10.1 Å². The van der Waals surface area contributed by atoms with Crippen molar-refractivity contribution in [1.82, 2.24) is 0 Å². The minimum Gasteiger partial charge on any atom is -0.506 e. The van der Waals surface area contributed by atoms with Gasteiger partial charge >= 0.3 is 0 Å². The van der Waals surface area contributed by atoms with E-state index in [4.69, 9.17) is 16.2 Å². The van der Waals surface area contributed by atoms with Gasteiger partial charge in [0.2, 0.25) is 0 Å². The third-order valence-corrected chi connectivity index (χ3v) is 4.52. The van der Waals surface area contributed by atoms with E-state index in [2.05, 4.69) is 10.2 Å². The van der Waals surface area contributed by atoms with Crippen LogP contribution >= 0.6 is 11.6 Å². The van der Waals surface area contributed by atoms with Crippen molar-refractivity contribution in [2.75, 3.05) is 0 Å². The number of halogens is 1. The van der Waals surface area contributed by atoms with Gasteiger partial charge in [-0.1, -0.05) is 35.9 Å². The van der Waals surface area contributed by atoms with Crippen molar-refractivity contribution in [2.45, 2.75) is 4.90 Å². The number of azo groups is 1. The molecule has 0 aromatic heterocycles. The van der Waals surface area contributed by atoms with Crippen LogP contribution in [0.15, 0.2) is 69.7 Å². The van der Waals surface area contributed by atoms with Crippen molar-refractivity contribution in [3.05, 3.63) is 59.6 Å². The summed E-state index contributed by atoms with van der Waals surface area (Å²) >= 11 is 6.01. The average molecular weight is 386 g/mol. The minimum absolute atomic E-state index is 0. The Labute approximate surface area is 171 Å². The molecular formula is C16H11ClN2NaO4S. The molecule has 0 saturated carbocycles. The van der Waals surface area contributed by atoms with E-state index in [-0.39, 0.29) is 45.9 Å². The maximum absolute atomic E-state index is 11.2. The second-order valence-corrected chi connectivity index (χ2v) is 6.77. The van der Waals surface area contributed by atoms with Crippen LogP contribution in [0, 0.1) is 0 Å². The number of hydrogen-bond acceptors (Lipinski definition) is 5. The molecule has 0 bridgehead atoms. The number of aromatic hydroxyl groups is 1. The van der Waals surface area contributed by atoms with E-state index in [0.29, 0.717) is 21.5 Å². The predicted octanol–water partition coefficient (Wildman–Crippen LogP) is 4.48. The molecule has 0 amide bonds. The second-order valence-electron chi connectivity index (χ2n) is 4.94. The molecule has 3 rings (SSSR count). The zero-order valence-corrected chi connectivity index (χ0v) is 16.7. The van der Waals surface area contributed by atoms with E-state index < -0.39 is 10.1 Å². The SMILES string of the molecule is O=S(=O)(O)c1ccc2c(N=Nc3ccccc3Cl)c(O)ccc2c1.[Na]. The predicted molar refractivity (Wildman–Crippen MR) is 96.8 cm³/mol. The van der Waals surface area contributed by atoms with E-state index in [0.717, 1.165) is 0 Å². The van der Waals surface area contributed by atoms with Crippen molar-refractivity contribution < 1.29 is 18.1 Å². The fraction of sp³-hybridized carbons (Fsp3) is 0. The van der Waals surface area contributed by atoms with Crippen LogP contribution in [0.1, 0.15) is 0 Å².